The van der Waals surface area contributed by atoms with E-state index in [4.69, 9.17) is 0 Å². The lowest BCUT2D eigenvalue weighted by molar-refractivity contribution is 0.466. The minimum Gasteiger partial charge on any atom is -0.508 e. The maximum atomic E-state index is 12.7. The first-order valence-corrected chi connectivity index (χ1v) is 17.0. The van der Waals surface area contributed by atoms with Gasteiger partial charge in [0.2, 0.25) is 9.84 Å². The van der Waals surface area contributed by atoms with E-state index in [-0.39, 0.29) is 32.8 Å². The first-order valence-electron chi connectivity index (χ1n) is 15.5. The summed E-state index contributed by atoms with van der Waals surface area (Å²) in [5.74, 6) is 0.706. The van der Waals surface area contributed by atoms with Crippen LogP contribution in [0.3, 0.4) is 0 Å². The van der Waals surface area contributed by atoms with Crippen LogP contribution < -0.4 is 0 Å². The Balaban J connectivity index is 0.000000173. The summed E-state index contributed by atoms with van der Waals surface area (Å²) in [4.78, 5) is 0.277. The Bertz CT molecular complexity index is 2070. The molecular formula is C41H36O6S. The number of aryl methyl sites for hydroxylation is 4. The van der Waals surface area contributed by atoms with Crippen molar-refractivity contribution < 1.29 is 28.8 Å². The number of phenolic OH excluding ortho intramolecular Hbond substituents is 4. The molecule has 0 aliphatic heterocycles. The Hall–Kier alpha value is -5.53. The molecule has 0 unspecified atom stereocenters. The lowest BCUT2D eigenvalue weighted by atomic mass is 9.68. The second kappa shape index (κ2) is 12.2. The van der Waals surface area contributed by atoms with E-state index in [1.54, 1.807) is 52.0 Å². The van der Waals surface area contributed by atoms with Crippen LogP contribution in [0.25, 0.3) is 11.1 Å². The van der Waals surface area contributed by atoms with Crippen molar-refractivity contribution in [3.63, 3.8) is 0 Å². The van der Waals surface area contributed by atoms with Gasteiger partial charge in [-0.2, -0.15) is 0 Å². The third-order valence-electron chi connectivity index (χ3n) is 9.10. The van der Waals surface area contributed by atoms with Crippen LogP contribution in [-0.4, -0.2) is 28.8 Å². The summed E-state index contributed by atoms with van der Waals surface area (Å²) in [6.45, 7) is 6.65. The molecule has 0 radical (unpaired) electrons. The predicted molar refractivity (Wildman–Crippen MR) is 188 cm³/mol. The molecule has 0 fully saturated rings. The summed E-state index contributed by atoms with van der Waals surface area (Å²) in [6, 6.07) is 37.7. The van der Waals surface area contributed by atoms with E-state index < -0.39 is 15.3 Å². The van der Waals surface area contributed by atoms with Gasteiger partial charge in [-0.25, -0.2) is 8.42 Å². The van der Waals surface area contributed by atoms with Gasteiger partial charge >= 0.3 is 0 Å². The summed E-state index contributed by atoms with van der Waals surface area (Å²) in [5, 5.41) is 39.2. The minimum absolute atomic E-state index is 0.104. The number of rotatable bonds is 4. The molecule has 0 atom stereocenters. The summed E-state index contributed by atoms with van der Waals surface area (Å²) < 4.78 is 25.4. The van der Waals surface area contributed by atoms with Gasteiger partial charge in [0.05, 0.1) is 15.2 Å². The van der Waals surface area contributed by atoms with Crippen molar-refractivity contribution in [2.45, 2.75) is 42.9 Å². The summed E-state index contributed by atoms with van der Waals surface area (Å²) in [7, 11) is -3.68. The Morgan fingerprint density at radius 3 is 1.10 bits per heavy atom. The van der Waals surface area contributed by atoms with Crippen molar-refractivity contribution >= 4 is 9.84 Å². The van der Waals surface area contributed by atoms with Gasteiger partial charge in [-0.3, -0.25) is 0 Å². The lowest BCUT2D eigenvalue weighted by Crippen LogP contribution is -2.28. The van der Waals surface area contributed by atoms with Gasteiger partial charge in [-0.15, -0.1) is 0 Å². The molecule has 0 saturated heterocycles. The van der Waals surface area contributed by atoms with Crippen LogP contribution >= 0.6 is 0 Å². The van der Waals surface area contributed by atoms with E-state index in [0.29, 0.717) is 22.3 Å². The van der Waals surface area contributed by atoms with Crippen LogP contribution in [0.1, 0.15) is 44.5 Å². The number of aromatic hydroxyl groups is 4. The number of sulfone groups is 1. The largest absolute Gasteiger partial charge is 0.508 e. The predicted octanol–water partition coefficient (Wildman–Crippen LogP) is 8.63. The summed E-state index contributed by atoms with van der Waals surface area (Å²) in [5.41, 5.74) is 8.60. The average Bonchev–Trinajstić information content (AvgIpc) is 3.38. The zero-order chi connectivity index (χ0) is 34.4. The highest BCUT2D eigenvalue weighted by atomic mass is 32.2. The van der Waals surface area contributed by atoms with E-state index in [0.717, 1.165) is 11.1 Å². The molecule has 1 aliphatic rings. The van der Waals surface area contributed by atoms with Gasteiger partial charge in [0.15, 0.2) is 0 Å². The highest BCUT2D eigenvalue weighted by Crippen LogP contribution is 2.56. The van der Waals surface area contributed by atoms with Crippen LogP contribution in [0.5, 0.6) is 23.0 Å². The number of fused-ring (bicyclic) bond motifs is 3. The molecule has 6 nitrogen and oxygen atoms in total. The Labute approximate surface area is 280 Å². The summed E-state index contributed by atoms with van der Waals surface area (Å²) in [6.07, 6.45) is 0. The van der Waals surface area contributed by atoms with E-state index in [1.165, 1.54) is 46.5 Å². The average molecular weight is 657 g/mol. The third kappa shape index (κ3) is 5.36. The van der Waals surface area contributed by atoms with Crippen LogP contribution in [0.15, 0.2) is 131 Å². The zero-order valence-corrected chi connectivity index (χ0v) is 27.9. The van der Waals surface area contributed by atoms with E-state index in [2.05, 4.69) is 48.5 Å². The van der Waals surface area contributed by atoms with Crippen LogP contribution in [0, 0.1) is 27.7 Å². The number of phenols is 4. The second-order valence-corrected chi connectivity index (χ2v) is 14.2. The fourth-order valence-electron chi connectivity index (χ4n) is 6.73. The molecular weight excluding hydrogens is 621 g/mol. The van der Waals surface area contributed by atoms with Crippen molar-refractivity contribution in [2.24, 2.45) is 0 Å². The van der Waals surface area contributed by atoms with Gasteiger partial charge in [-0.1, -0.05) is 72.8 Å². The van der Waals surface area contributed by atoms with Crippen LogP contribution in [-0.2, 0) is 15.3 Å². The lowest BCUT2D eigenvalue weighted by Gasteiger charge is -2.33. The first-order chi connectivity index (χ1) is 22.8. The number of hydrogen-bond donors (Lipinski definition) is 4. The molecule has 0 saturated carbocycles. The third-order valence-corrected chi connectivity index (χ3v) is 10.8. The van der Waals surface area contributed by atoms with Gasteiger partial charge in [0.1, 0.15) is 23.0 Å². The highest BCUT2D eigenvalue weighted by Gasteiger charge is 2.45. The zero-order valence-electron chi connectivity index (χ0n) is 27.1. The number of benzene rings is 6. The second-order valence-electron chi connectivity index (χ2n) is 12.2. The SMILES string of the molecule is Cc1cc(S(=O)(=O)c2cc(C)c(O)c(C)c2)cc(C)c1O.Oc1ccc(C2(c3ccc(O)cc3)c3ccccc3-c3ccccc32)cc1. The molecule has 6 aromatic rings. The van der Waals surface area contributed by atoms with Crippen LogP contribution in [0.4, 0.5) is 0 Å². The fourth-order valence-corrected chi connectivity index (χ4v) is 8.33. The molecule has 0 heterocycles. The van der Waals surface area contributed by atoms with Crippen molar-refractivity contribution in [3.8, 4) is 34.1 Å². The maximum absolute atomic E-state index is 12.7. The van der Waals surface area contributed by atoms with Crippen molar-refractivity contribution in [1.82, 2.24) is 0 Å². The smallest absolute Gasteiger partial charge is 0.206 e. The molecule has 7 heteroatoms. The Kier molecular flexibility index (Phi) is 8.27. The molecule has 0 aromatic heterocycles. The molecule has 242 valence electrons. The minimum atomic E-state index is -3.68. The highest BCUT2D eigenvalue weighted by molar-refractivity contribution is 7.91. The molecule has 0 bridgehead atoms. The van der Waals surface area contributed by atoms with E-state index in [9.17, 15) is 28.8 Å². The molecule has 7 rings (SSSR count). The van der Waals surface area contributed by atoms with Gasteiger partial charge < -0.3 is 20.4 Å². The normalized spacial score (nSPS) is 12.8. The topological polar surface area (TPSA) is 115 Å². The molecule has 1 aliphatic carbocycles. The molecule has 48 heavy (non-hydrogen) atoms. The first kappa shape index (κ1) is 32.4. The molecule has 0 spiro atoms. The molecule has 0 amide bonds. The van der Waals surface area contributed by atoms with Gasteiger partial charge in [0, 0.05) is 0 Å². The van der Waals surface area contributed by atoms with Gasteiger partial charge in [-0.05, 0) is 132 Å². The molecule has 6 aromatic carbocycles. The monoisotopic (exact) mass is 656 g/mol. The fraction of sp³-hybridized carbons (Fsp3) is 0.122. The van der Waals surface area contributed by atoms with E-state index in [1.807, 2.05) is 24.3 Å². The Morgan fingerprint density at radius 2 is 0.771 bits per heavy atom. The van der Waals surface area contributed by atoms with Gasteiger partial charge in [0.25, 0.3) is 0 Å². The Morgan fingerprint density at radius 1 is 0.458 bits per heavy atom. The van der Waals surface area contributed by atoms with Crippen molar-refractivity contribution in [1.29, 1.82) is 0 Å². The maximum Gasteiger partial charge on any atom is 0.206 e. The van der Waals surface area contributed by atoms with E-state index >= 15 is 0 Å². The summed E-state index contributed by atoms with van der Waals surface area (Å²) >= 11 is 0. The standard InChI is InChI=1S/C25H18O2.C16H18O4S/c26-19-13-9-17(10-14-19)25(18-11-15-20(27)16-12-18)23-7-3-1-5-21(23)22-6-2-4-8-24(22)25;1-9-5-13(6-10(2)15(9)17)21(19,20)14-7-11(3)16(18)12(4)8-14/h1-16,26-27H;5-8,17-18H,1-4H3. The molecule has 4 N–H and O–H groups in total. The number of hydrogen-bond acceptors (Lipinski definition) is 6. The van der Waals surface area contributed by atoms with Crippen molar-refractivity contribution in [3.05, 3.63) is 166 Å². The quantitative estimate of drug-likeness (QED) is 0.151. The van der Waals surface area contributed by atoms with Crippen molar-refractivity contribution in [2.75, 3.05) is 0 Å². The van der Waals surface area contributed by atoms with Crippen LogP contribution in [0.2, 0.25) is 0 Å².